The molecule has 4 fully saturated rings. The van der Waals surface area contributed by atoms with Crippen LogP contribution in [0.25, 0.3) is 0 Å². The van der Waals surface area contributed by atoms with E-state index in [1.807, 2.05) is 0 Å². The molecule has 26 heavy (non-hydrogen) atoms. The molecule has 0 spiro atoms. The minimum atomic E-state index is -0.727. The topological polar surface area (TPSA) is 93.2 Å². The zero-order valence-electron chi connectivity index (χ0n) is 16.1. The van der Waals surface area contributed by atoms with E-state index in [0.717, 1.165) is 0 Å². The monoisotopic (exact) mass is 366 g/mol. The molecule has 0 aromatic heterocycles. The highest BCUT2D eigenvalue weighted by Crippen LogP contribution is 2.42. The number of hydrogen-bond donors (Lipinski definition) is 0. The maximum atomic E-state index is 12.8. The zero-order valence-corrected chi connectivity index (χ0v) is 16.1. The van der Waals surface area contributed by atoms with Gasteiger partial charge in [-0.1, -0.05) is 0 Å². The summed E-state index contributed by atoms with van der Waals surface area (Å²) in [6.45, 7) is 10.4. The highest BCUT2D eigenvalue weighted by molar-refractivity contribution is 6.07. The first-order valence-electron chi connectivity index (χ1n) is 8.90. The van der Waals surface area contributed by atoms with E-state index >= 15 is 0 Å². The average Bonchev–Trinajstić information content (AvgIpc) is 2.41. The molecular weight excluding hydrogens is 340 g/mol. The molecule has 8 heteroatoms. The Morgan fingerprint density at radius 1 is 0.731 bits per heavy atom. The molecule has 0 saturated carbocycles. The normalized spacial score (nSPS) is 30.7. The molecule has 144 valence electrons. The van der Waals surface area contributed by atoms with E-state index in [9.17, 15) is 19.2 Å². The smallest absolute Gasteiger partial charge is 0.411 e. The molecule has 8 nitrogen and oxygen atoms in total. The third-order valence-corrected chi connectivity index (χ3v) is 4.76. The van der Waals surface area contributed by atoms with E-state index in [2.05, 4.69) is 0 Å². The molecule has 4 atom stereocenters. The van der Waals surface area contributed by atoms with Gasteiger partial charge in [-0.15, -0.1) is 0 Å². The molecular formula is C18H26N2O6. The van der Waals surface area contributed by atoms with Gasteiger partial charge in [0.25, 0.3) is 0 Å². The number of nitrogens with zero attached hydrogens (tertiary/aromatic N) is 2. The predicted molar refractivity (Wildman–Crippen MR) is 90.5 cm³/mol. The first-order valence-corrected chi connectivity index (χ1v) is 8.90. The Morgan fingerprint density at radius 3 is 1.23 bits per heavy atom. The Hall–Kier alpha value is -2.12. The van der Waals surface area contributed by atoms with Crippen LogP contribution in [0.3, 0.4) is 0 Å². The van der Waals surface area contributed by atoms with Gasteiger partial charge in [0.2, 0.25) is 0 Å². The molecule has 2 amide bonds. The minimum absolute atomic E-state index is 0.100. The van der Waals surface area contributed by atoms with Crippen molar-refractivity contribution in [3.8, 4) is 0 Å². The SMILES string of the molecule is CC(C)(C)OC(=O)N1C2CC3C(=O)C1CC(C2=O)N3C(=O)OC(C)(C)C. The number of hydrogen-bond acceptors (Lipinski definition) is 6. The number of rotatable bonds is 0. The van der Waals surface area contributed by atoms with Crippen molar-refractivity contribution in [3.63, 3.8) is 0 Å². The lowest BCUT2D eigenvalue weighted by Crippen LogP contribution is -2.78. The van der Waals surface area contributed by atoms with Gasteiger partial charge in [0.05, 0.1) is 24.2 Å². The Bertz CT molecular complexity index is 592. The summed E-state index contributed by atoms with van der Waals surface area (Å²) < 4.78 is 10.8. The van der Waals surface area contributed by atoms with Gasteiger partial charge in [0, 0.05) is 12.8 Å². The van der Waals surface area contributed by atoms with Gasteiger partial charge in [0.1, 0.15) is 11.2 Å². The number of ketones is 2. The molecule has 0 aromatic carbocycles. The average molecular weight is 366 g/mol. The van der Waals surface area contributed by atoms with Crippen LogP contribution in [0.2, 0.25) is 0 Å². The van der Waals surface area contributed by atoms with Gasteiger partial charge >= 0.3 is 12.2 Å². The second-order valence-corrected chi connectivity index (χ2v) is 9.11. The summed E-state index contributed by atoms with van der Waals surface area (Å²) in [7, 11) is 0. The fourth-order valence-electron chi connectivity index (χ4n) is 3.91. The van der Waals surface area contributed by atoms with E-state index in [1.165, 1.54) is 9.80 Å². The van der Waals surface area contributed by atoms with Crippen LogP contribution in [0.4, 0.5) is 9.59 Å². The molecule has 0 radical (unpaired) electrons. The highest BCUT2D eigenvalue weighted by atomic mass is 16.6. The molecule has 4 bridgehead atoms. The molecule has 4 saturated heterocycles. The number of ether oxygens (including phenoxy) is 2. The number of piperidine rings is 4. The summed E-state index contributed by atoms with van der Waals surface area (Å²) >= 11 is 0. The van der Waals surface area contributed by atoms with Crippen LogP contribution in [-0.2, 0) is 19.1 Å². The maximum absolute atomic E-state index is 12.8. The van der Waals surface area contributed by atoms with Crippen LogP contribution < -0.4 is 0 Å². The Morgan fingerprint density at radius 2 is 1.00 bits per heavy atom. The molecule has 0 aliphatic carbocycles. The predicted octanol–water partition coefficient (Wildman–Crippen LogP) is 1.89. The molecule has 0 N–H and O–H groups in total. The van der Waals surface area contributed by atoms with Gasteiger partial charge in [-0.25, -0.2) is 9.59 Å². The number of carbonyl (C=O) groups excluding carboxylic acids is 4. The van der Waals surface area contributed by atoms with Crippen molar-refractivity contribution in [3.05, 3.63) is 0 Å². The van der Waals surface area contributed by atoms with Crippen molar-refractivity contribution < 1.29 is 28.7 Å². The summed E-state index contributed by atoms with van der Waals surface area (Å²) in [6.07, 6.45) is -1.11. The van der Waals surface area contributed by atoms with Crippen molar-refractivity contribution in [2.24, 2.45) is 0 Å². The van der Waals surface area contributed by atoms with Crippen LogP contribution in [0.15, 0.2) is 0 Å². The Balaban J connectivity index is 1.85. The van der Waals surface area contributed by atoms with Crippen LogP contribution in [0.5, 0.6) is 0 Å². The van der Waals surface area contributed by atoms with Crippen LogP contribution in [0.1, 0.15) is 54.4 Å². The second-order valence-electron chi connectivity index (χ2n) is 9.11. The molecule has 4 rings (SSSR count). The number of amides is 2. The van der Waals surface area contributed by atoms with Crippen molar-refractivity contribution in [2.45, 2.75) is 89.8 Å². The van der Waals surface area contributed by atoms with Gasteiger partial charge in [-0.3, -0.25) is 19.4 Å². The van der Waals surface area contributed by atoms with Crippen LogP contribution in [-0.4, -0.2) is 68.9 Å². The zero-order chi connectivity index (χ0) is 19.6. The number of Topliss-reactive ketones (excluding diaryl/α,β-unsaturated/α-hetero) is 2. The quantitative estimate of drug-likeness (QED) is 0.650. The first-order chi connectivity index (χ1) is 11.8. The van der Waals surface area contributed by atoms with Gasteiger partial charge in [-0.05, 0) is 41.5 Å². The third-order valence-electron chi connectivity index (χ3n) is 4.76. The maximum Gasteiger partial charge on any atom is 0.411 e. The molecule has 0 aromatic rings. The molecule has 4 aliphatic heterocycles. The summed E-state index contributed by atoms with van der Waals surface area (Å²) in [5.74, 6) is -0.469. The molecule has 4 aliphatic rings. The summed E-state index contributed by atoms with van der Waals surface area (Å²) in [5.41, 5.74) is -1.44. The van der Waals surface area contributed by atoms with Crippen molar-refractivity contribution in [2.75, 3.05) is 0 Å². The number of carbonyl (C=O) groups is 4. The summed E-state index contributed by atoms with van der Waals surface area (Å²) in [4.78, 5) is 53.3. The van der Waals surface area contributed by atoms with Crippen LogP contribution >= 0.6 is 0 Å². The largest absolute Gasteiger partial charge is 0.444 e. The molecule has 4 heterocycles. The lowest BCUT2D eigenvalue weighted by molar-refractivity contribution is -0.165. The fraction of sp³-hybridized carbons (Fsp3) is 0.778. The van der Waals surface area contributed by atoms with Crippen molar-refractivity contribution in [1.29, 1.82) is 0 Å². The van der Waals surface area contributed by atoms with Crippen LogP contribution in [0, 0.1) is 0 Å². The van der Waals surface area contributed by atoms with Gasteiger partial charge in [-0.2, -0.15) is 0 Å². The lowest BCUT2D eigenvalue weighted by atomic mass is 9.71. The van der Waals surface area contributed by atoms with E-state index in [4.69, 9.17) is 9.47 Å². The van der Waals surface area contributed by atoms with E-state index in [1.54, 1.807) is 41.5 Å². The summed E-state index contributed by atoms with van der Waals surface area (Å²) in [6, 6.07) is -2.91. The summed E-state index contributed by atoms with van der Waals surface area (Å²) in [5, 5.41) is 0. The molecule has 4 unspecified atom stereocenters. The van der Waals surface area contributed by atoms with E-state index < -0.39 is 47.6 Å². The van der Waals surface area contributed by atoms with E-state index in [0.29, 0.717) is 0 Å². The van der Waals surface area contributed by atoms with Crippen molar-refractivity contribution in [1.82, 2.24) is 9.80 Å². The minimum Gasteiger partial charge on any atom is -0.444 e. The standard InChI is InChI=1S/C18H26N2O6/c1-17(2,3)25-15(23)19-9-7-11-14(22)10(19)8-12(13(9)21)20(11)16(24)26-18(4,5)6/h9-12H,7-8H2,1-6H3. The van der Waals surface area contributed by atoms with E-state index in [-0.39, 0.29) is 24.4 Å². The third kappa shape index (κ3) is 3.05. The Labute approximate surface area is 152 Å². The van der Waals surface area contributed by atoms with Crippen molar-refractivity contribution >= 4 is 23.8 Å². The first kappa shape index (κ1) is 18.7. The fourth-order valence-corrected chi connectivity index (χ4v) is 3.91. The Kier molecular flexibility index (Phi) is 4.08. The van der Waals surface area contributed by atoms with Gasteiger partial charge < -0.3 is 9.47 Å². The highest BCUT2D eigenvalue weighted by Gasteiger charge is 2.63. The van der Waals surface area contributed by atoms with Gasteiger partial charge in [0.15, 0.2) is 11.6 Å². The second kappa shape index (κ2) is 5.69. The lowest BCUT2D eigenvalue weighted by Gasteiger charge is -2.57.